The highest BCUT2D eigenvalue weighted by atomic mass is 32.2. The minimum absolute atomic E-state index is 0.0478. The van der Waals surface area contributed by atoms with Crippen molar-refractivity contribution >= 4 is 58.4 Å². The smallest absolute Gasteiger partial charge is 0.352 e. The van der Waals surface area contributed by atoms with Gasteiger partial charge in [-0.2, -0.15) is 0 Å². The largest absolute Gasteiger partial charge is 0.477 e. The Morgan fingerprint density at radius 2 is 2.13 bits per heavy atom. The second kappa shape index (κ2) is 9.22. The Balaban J connectivity index is 1.73. The summed E-state index contributed by atoms with van der Waals surface area (Å²) in [6.45, 7) is 3.31. The molecular formula is C16H17N5O6S3. The number of thioether (sulfide) groups is 2. The van der Waals surface area contributed by atoms with E-state index < -0.39 is 41.0 Å². The number of nitrogens with zero attached hydrogens (tertiary/aromatic N) is 4. The molecule has 1 aromatic heterocycles. The van der Waals surface area contributed by atoms with Gasteiger partial charge in [0.05, 0.1) is 0 Å². The summed E-state index contributed by atoms with van der Waals surface area (Å²) in [5, 5.41) is 22.6. The fraction of sp³-hybridized carbons (Fsp3) is 0.500. The Kier molecular flexibility index (Phi) is 6.88. The van der Waals surface area contributed by atoms with Crippen molar-refractivity contribution in [2.75, 3.05) is 11.5 Å². The van der Waals surface area contributed by atoms with E-state index >= 15 is 0 Å². The third kappa shape index (κ3) is 4.25. The first-order valence-electron chi connectivity index (χ1n) is 8.76. The van der Waals surface area contributed by atoms with Crippen LogP contribution in [0.25, 0.3) is 0 Å². The van der Waals surface area contributed by atoms with E-state index in [-0.39, 0.29) is 12.1 Å². The van der Waals surface area contributed by atoms with Gasteiger partial charge >= 0.3 is 5.97 Å². The zero-order chi connectivity index (χ0) is 22.0. The molecule has 2 N–H and O–H groups in total. The lowest BCUT2D eigenvalue weighted by Gasteiger charge is -2.49. The van der Waals surface area contributed by atoms with Crippen LogP contribution in [0.1, 0.15) is 18.4 Å². The van der Waals surface area contributed by atoms with Gasteiger partial charge in [0.25, 0.3) is 11.8 Å². The molecule has 3 heterocycles. The lowest BCUT2D eigenvalue weighted by Crippen LogP contribution is -2.71. The molecule has 14 heteroatoms. The van der Waals surface area contributed by atoms with Crippen LogP contribution in [-0.2, 0) is 19.2 Å². The molecule has 30 heavy (non-hydrogen) atoms. The first-order chi connectivity index (χ1) is 14.3. The summed E-state index contributed by atoms with van der Waals surface area (Å²) in [6, 6.07) is -2.74. The summed E-state index contributed by atoms with van der Waals surface area (Å²) in [6.07, 6.45) is -0.0478. The minimum atomic E-state index is -1.72. The molecule has 160 valence electrons. The number of β-lactam (4-membered cyclic amide) rings is 1. The van der Waals surface area contributed by atoms with Crippen molar-refractivity contribution in [3.63, 3.8) is 0 Å². The first kappa shape index (κ1) is 22.4. The molecule has 0 aliphatic carbocycles. The van der Waals surface area contributed by atoms with Gasteiger partial charge in [-0.25, -0.2) is 4.79 Å². The zero-order valence-electron chi connectivity index (χ0n) is 15.9. The van der Waals surface area contributed by atoms with E-state index in [0.717, 1.165) is 9.91 Å². The van der Waals surface area contributed by atoms with Gasteiger partial charge in [0, 0.05) is 17.9 Å². The number of Topliss-reactive ketones (excluding diaryl/α,β-unsaturated/α-hetero) is 1. The van der Waals surface area contributed by atoms with E-state index in [9.17, 15) is 29.2 Å². The summed E-state index contributed by atoms with van der Waals surface area (Å²) < 4.78 is 0.699. The zero-order valence-corrected chi connectivity index (χ0v) is 18.3. The minimum Gasteiger partial charge on any atom is -0.477 e. The van der Waals surface area contributed by atoms with Gasteiger partial charge in [-0.15, -0.1) is 26.9 Å². The summed E-state index contributed by atoms with van der Waals surface area (Å²) in [4.78, 5) is 60.3. The Labute approximate surface area is 183 Å². The number of aromatic nitrogens is 2. The predicted molar refractivity (Wildman–Crippen MR) is 110 cm³/mol. The lowest BCUT2D eigenvalue weighted by atomic mass is 10.0. The van der Waals surface area contributed by atoms with Gasteiger partial charge in [0.2, 0.25) is 6.04 Å². The highest BCUT2D eigenvalue weighted by molar-refractivity contribution is 8.01. The normalized spacial score (nSPS) is 21.5. The number of aliphatic carboxylic acids is 1. The van der Waals surface area contributed by atoms with Crippen LogP contribution in [0.3, 0.4) is 0 Å². The molecule has 1 aromatic rings. The van der Waals surface area contributed by atoms with Gasteiger partial charge < -0.3 is 10.4 Å². The van der Waals surface area contributed by atoms with Crippen LogP contribution in [0, 0.1) is 11.8 Å². The monoisotopic (exact) mass is 471 g/mol. The molecule has 0 bridgehead atoms. The number of carbonyl (C=O) groups is 4. The number of nitrogens with one attached hydrogen (secondary N) is 1. The van der Waals surface area contributed by atoms with Crippen molar-refractivity contribution in [2.24, 2.45) is 5.18 Å². The number of rotatable bonds is 9. The van der Waals surface area contributed by atoms with E-state index in [1.165, 1.54) is 41.8 Å². The first-order valence-corrected chi connectivity index (χ1v) is 11.6. The molecule has 2 aliphatic heterocycles. The number of ketones is 1. The number of aryl methyl sites for hydroxylation is 1. The van der Waals surface area contributed by atoms with Crippen LogP contribution in [0.2, 0.25) is 0 Å². The van der Waals surface area contributed by atoms with Crippen LogP contribution >= 0.6 is 34.9 Å². The predicted octanol–water partition coefficient (Wildman–Crippen LogP) is 0.791. The second-order valence-electron chi connectivity index (χ2n) is 6.36. The molecule has 0 saturated carbocycles. The molecule has 3 rings (SSSR count). The molecule has 0 radical (unpaired) electrons. The molecule has 2 aliphatic rings. The van der Waals surface area contributed by atoms with E-state index in [1.54, 1.807) is 0 Å². The van der Waals surface area contributed by atoms with Crippen LogP contribution in [-0.4, -0.2) is 72.7 Å². The van der Waals surface area contributed by atoms with E-state index in [4.69, 9.17) is 0 Å². The molecule has 1 saturated heterocycles. The maximum Gasteiger partial charge on any atom is 0.352 e. The Morgan fingerprint density at radius 1 is 1.40 bits per heavy atom. The summed E-state index contributed by atoms with van der Waals surface area (Å²) >= 11 is 4.03. The van der Waals surface area contributed by atoms with Gasteiger partial charge in [-0.05, 0) is 17.7 Å². The fourth-order valence-electron chi connectivity index (χ4n) is 2.96. The second-order valence-corrected chi connectivity index (χ2v) is 9.87. The van der Waals surface area contributed by atoms with Crippen molar-refractivity contribution in [3.8, 4) is 0 Å². The number of carboxylic acid groups (broad SMARTS) is 1. The number of fused-ring (bicyclic) bond motifs is 1. The molecular weight excluding hydrogens is 454 g/mol. The maximum atomic E-state index is 12.6. The van der Waals surface area contributed by atoms with E-state index in [0.29, 0.717) is 21.4 Å². The third-order valence-electron chi connectivity index (χ3n) is 4.43. The topological polar surface area (TPSA) is 159 Å². The van der Waals surface area contributed by atoms with Crippen molar-refractivity contribution in [1.29, 1.82) is 0 Å². The Morgan fingerprint density at radius 3 is 2.70 bits per heavy atom. The fourth-order valence-corrected chi connectivity index (χ4v) is 6.26. The van der Waals surface area contributed by atoms with Crippen LogP contribution in [0.5, 0.6) is 0 Å². The van der Waals surface area contributed by atoms with Gasteiger partial charge in [0.15, 0.2) is 10.1 Å². The van der Waals surface area contributed by atoms with Crippen LogP contribution in [0.4, 0.5) is 0 Å². The molecule has 0 aromatic carbocycles. The van der Waals surface area contributed by atoms with Crippen LogP contribution < -0.4 is 5.32 Å². The number of nitroso groups, excluding NO2 is 1. The SMILES string of the molecule is CCC(=O)C(N=O)C(=O)N[C@@H]1C(=O)N2C(C(=O)O)=C(CSc3nnc(C)s3)CS[C@@H]12. The average molecular weight is 472 g/mol. The molecule has 1 fully saturated rings. The standard InChI is InChI=1S/C16H17N5O6S3/c1-3-8(22)9(20-27)12(23)17-10-13(24)21-11(15(25)26)7(4-28-14(10)21)5-29-16-19-18-6(2)30-16/h9-10,14H,3-5H2,1-2H3,(H,17,23)(H,25,26)/t9?,10-,14+/m1/s1. The van der Waals surface area contributed by atoms with E-state index in [1.807, 2.05) is 6.92 Å². The van der Waals surface area contributed by atoms with Gasteiger partial charge in [-0.3, -0.25) is 19.3 Å². The highest BCUT2D eigenvalue weighted by Gasteiger charge is 2.54. The quantitative estimate of drug-likeness (QED) is 0.228. The summed E-state index contributed by atoms with van der Waals surface area (Å²) in [5.74, 6) is -2.78. The number of carboxylic acids is 1. The Hall–Kier alpha value is -2.32. The van der Waals surface area contributed by atoms with Gasteiger partial charge in [0.1, 0.15) is 22.1 Å². The van der Waals surface area contributed by atoms with Crippen molar-refractivity contribution < 1.29 is 24.3 Å². The molecule has 1 unspecified atom stereocenters. The average Bonchev–Trinajstić information content (AvgIpc) is 3.14. The number of hydrogen-bond acceptors (Lipinski definition) is 11. The van der Waals surface area contributed by atoms with E-state index in [2.05, 4.69) is 20.7 Å². The summed E-state index contributed by atoms with van der Waals surface area (Å²) in [7, 11) is 0. The maximum absolute atomic E-state index is 12.6. The lowest BCUT2D eigenvalue weighted by molar-refractivity contribution is -0.151. The number of carbonyl (C=O) groups excluding carboxylic acids is 3. The molecule has 3 atom stereocenters. The third-order valence-corrected chi connectivity index (χ3v) is 7.83. The highest BCUT2D eigenvalue weighted by Crippen LogP contribution is 2.41. The Bertz CT molecular complexity index is 948. The molecule has 11 nitrogen and oxygen atoms in total. The van der Waals surface area contributed by atoms with Crippen molar-refractivity contribution in [3.05, 3.63) is 21.2 Å². The van der Waals surface area contributed by atoms with Gasteiger partial charge in [-0.1, -0.05) is 30.0 Å². The molecule has 0 spiro atoms. The molecule has 2 amide bonds. The summed E-state index contributed by atoms with van der Waals surface area (Å²) in [5.41, 5.74) is 0.450. The van der Waals surface area contributed by atoms with Crippen molar-refractivity contribution in [2.45, 2.75) is 42.1 Å². The number of hydrogen-bond donors (Lipinski definition) is 2. The van der Waals surface area contributed by atoms with Crippen molar-refractivity contribution in [1.82, 2.24) is 20.4 Å². The number of amides is 2. The van der Waals surface area contributed by atoms with Crippen LogP contribution in [0.15, 0.2) is 20.8 Å².